The molecule has 0 aliphatic carbocycles. The largest absolute Gasteiger partial charge is 0.454 e. The normalized spacial score (nSPS) is 11.9. The first-order valence-electron chi connectivity index (χ1n) is 19.5. The van der Waals surface area contributed by atoms with Crippen molar-refractivity contribution in [3.63, 3.8) is 0 Å². The summed E-state index contributed by atoms with van der Waals surface area (Å²) in [7, 11) is 0. The van der Waals surface area contributed by atoms with E-state index in [0.717, 1.165) is 44.3 Å². The Morgan fingerprint density at radius 3 is 1.75 bits per heavy atom. The zero-order valence-electron chi connectivity index (χ0n) is 30.9. The topological polar surface area (TPSA) is 23.0 Å². The van der Waals surface area contributed by atoms with Crippen LogP contribution in [0, 0.1) is 0 Å². The average molecular weight is 727 g/mol. The molecule has 0 amide bonds. The highest BCUT2D eigenvalue weighted by atomic mass is 16.3. The molecule has 0 fully saturated rings. The standard InChI is InChI=1S/C54H34N2O/c1-3-15-35(16-4-1)37-19-13-20-39(33-37)55-46-25-10-7-21-42(46)43-30-29-38(34-50(43)55)40-24-14-27-48-52(40)44-22-8-11-26-47(44)56(48)49-32-31-41(36-17-5-2-6-18-36)53-45-23-9-12-28-51(45)57-54(49)53/h1-34H. The molecule has 3 aromatic heterocycles. The summed E-state index contributed by atoms with van der Waals surface area (Å²) in [6, 6.07) is 74.3. The quantitative estimate of drug-likeness (QED) is 0.173. The highest BCUT2D eigenvalue weighted by Crippen LogP contribution is 2.45. The molecule has 12 rings (SSSR count). The van der Waals surface area contributed by atoms with Crippen molar-refractivity contribution in [1.29, 1.82) is 0 Å². The van der Waals surface area contributed by atoms with E-state index in [-0.39, 0.29) is 0 Å². The van der Waals surface area contributed by atoms with Gasteiger partial charge in [0.2, 0.25) is 0 Å². The van der Waals surface area contributed by atoms with E-state index in [9.17, 15) is 0 Å². The third-order valence-corrected chi connectivity index (χ3v) is 11.7. The third kappa shape index (κ3) is 4.79. The van der Waals surface area contributed by atoms with E-state index in [1.54, 1.807) is 0 Å². The zero-order chi connectivity index (χ0) is 37.5. The maximum absolute atomic E-state index is 6.83. The van der Waals surface area contributed by atoms with E-state index in [4.69, 9.17) is 4.42 Å². The minimum absolute atomic E-state index is 0.884. The van der Waals surface area contributed by atoms with Gasteiger partial charge < -0.3 is 13.6 Å². The molecule has 0 N–H and O–H groups in total. The molecular weight excluding hydrogens is 693 g/mol. The summed E-state index contributed by atoms with van der Waals surface area (Å²) in [6.45, 7) is 0. The van der Waals surface area contributed by atoms with Crippen LogP contribution < -0.4 is 0 Å². The van der Waals surface area contributed by atoms with Crippen LogP contribution in [-0.2, 0) is 0 Å². The summed E-state index contributed by atoms with van der Waals surface area (Å²) in [6.07, 6.45) is 0. The molecule has 3 heteroatoms. The molecule has 3 nitrogen and oxygen atoms in total. The SMILES string of the molecule is c1ccc(-c2cccc(-n3c4ccccc4c4ccc(-c5cccc6c5c5ccccc5n6-c5ccc(-c6ccccc6)c6c5oc5ccccc56)cc43)c2)cc1. The van der Waals surface area contributed by atoms with Gasteiger partial charge in [0.15, 0.2) is 5.58 Å². The van der Waals surface area contributed by atoms with Gasteiger partial charge in [-0.3, -0.25) is 0 Å². The van der Waals surface area contributed by atoms with Crippen molar-refractivity contribution in [2.45, 2.75) is 0 Å². The van der Waals surface area contributed by atoms with Crippen LogP contribution in [0.4, 0.5) is 0 Å². The van der Waals surface area contributed by atoms with Crippen molar-refractivity contribution in [2.24, 2.45) is 0 Å². The van der Waals surface area contributed by atoms with Crippen LogP contribution in [0.5, 0.6) is 0 Å². The molecule has 266 valence electrons. The minimum Gasteiger partial charge on any atom is -0.454 e. The van der Waals surface area contributed by atoms with Crippen molar-refractivity contribution < 1.29 is 4.42 Å². The molecule has 0 saturated heterocycles. The summed E-state index contributed by atoms with van der Waals surface area (Å²) in [5.41, 5.74) is 15.7. The summed E-state index contributed by atoms with van der Waals surface area (Å²) in [5, 5.41) is 7.15. The van der Waals surface area contributed by atoms with Crippen molar-refractivity contribution in [3.8, 4) is 44.8 Å². The predicted molar refractivity (Wildman–Crippen MR) is 239 cm³/mol. The third-order valence-electron chi connectivity index (χ3n) is 11.7. The fourth-order valence-corrected chi connectivity index (χ4v) is 9.24. The monoisotopic (exact) mass is 726 g/mol. The molecule has 0 saturated carbocycles. The maximum Gasteiger partial charge on any atom is 0.160 e. The molecule has 0 bridgehead atoms. The van der Waals surface area contributed by atoms with Gasteiger partial charge in [0, 0.05) is 38.0 Å². The molecule has 0 unspecified atom stereocenters. The van der Waals surface area contributed by atoms with Crippen molar-refractivity contribution >= 4 is 65.6 Å². The molecular formula is C54H34N2O. The van der Waals surface area contributed by atoms with Gasteiger partial charge in [-0.2, -0.15) is 0 Å². The lowest BCUT2D eigenvalue weighted by Crippen LogP contribution is -1.95. The molecule has 57 heavy (non-hydrogen) atoms. The Bertz CT molecular complexity index is 3510. The van der Waals surface area contributed by atoms with Crippen LogP contribution in [-0.4, -0.2) is 9.13 Å². The van der Waals surface area contributed by atoms with E-state index in [0.29, 0.717) is 0 Å². The lowest BCUT2D eigenvalue weighted by Gasteiger charge is -2.13. The lowest BCUT2D eigenvalue weighted by molar-refractivity contribution is 0.666. The second-order valence-corrected chi connectivity index (χ2v) is 14.9. The van der Waals surface area contributed by atoms with Crippen molar-refractivity contribution in [1.82, 2.24) is 9.13 Å². The first kappa shape index (κ1) is 31.7. The second-order valence-electron chi connectivity index (χ2n) is 14.9. The Hall–Kier alpha value is -7.62. The number of benzene rings is 9. The summed E-state index contributed by atoms with van der Waals surface area (Å²) in [4.78, 5) is 0. The van der Waals surface area contributed by atoms with Gasteiger partial charge in [0.1, 0.15) is 5.58 Å². The average Bonchev–Trinajstić information content (AvgIpc) is 3.95. The molecule has 0 radical (unpaired) electrons. The first-order valence-corrected chi connectivity index (χ1v) is 19.5. The van der Waals surface area contributed by atoms with E-state index < -0.39 is 0 Å². The second kappa shape index (κ2) is 12.5. The molecule has 3 heterocycles. The van der Waals surface area contributed by atoms with Gasteiger partial charge in [-0.25, -0.2) is 0 Å². The number of fused-ring (bicyclic) bond motifs is 9. The Labute approximate surface area is 328 Å². The molecule has 9 aromatic carbocycles. The van der Waals surface area contributed by atoms with Gasteiger partial charge in [-0.15, -0.1) is 0 Å². The van der Waals surface area contributed by atoms with Gasteiger partial charge in [-0.05, 0) is 81.9 Å². The van der Waals surface area contributed by atoms with Gasteiger partial charge >= 0.3 is 0 Å². The van der Waals surface area contributed by atoms with E-state index in [1.807, 2.05) is 0 Å². The predicted octanol–water partition coefficient (Wildman–Crippen LogP) is 14.8. The summed E-state index contributed by atoms with van der Waals surface area (Å²) >= 11 is 0. The summed E-state index contributed by atoms with van der Waals surface area (Å²) in [5.74, 6) is 0. The zero-order valence-corrected chi connectivity index (χ0v) is 30.9. The van der Waals surface area contributed by atoms with Crippen molar-refractivity contribution in [2.75, 3.05) is 0 Å². The van der Waals surface area contributed by atoms with E-state index in [1.165, 1.54) is 66.0 Å². The molecule has 0 spiro atoms. The van der Waals surface area contributed by atoms with Crippen molar-refractivity contribution in [3.05, 3.63) is 206 Å². The molecule has 0 aliphatic heterocycles. The highest BCUT2D eigenvalue weighted by molar-refractivity contribution is 6.20. The summed E-state index contributed by atoms with van der Waals surface area (Å²) < 4.78 is 11.7. The number of nitrogens with zero attached hydrogens (tertiary/aromatic N) is 2. The Kier molecular flexibility index (Phi) is 6.93. The van der Waals surface area contributed by atoms with E-state index in [2.05, 4.69) is 215 Å². The van der Waals surface area contributed by atoms with Crippen LogP contribution in [0.25, 0.3) is 110 Å². The number of hydrogen-bond acceptors (Lipinski definition) is 1. The van der Waals surface area contributed by atoms with Crippen LogP contribution in [0.3, 0.4) is 0 Å². The fourth-order valence-electron chi connectivity index (χ4n) is 9.24. The first-order chi connectivity index (χ1) is 28.3. The molecule has 0 aliphatic rings. The number of para-hydroxylation sites is 3. The number of furan rings is 1. The minimum atomic E-state index is 0.884. The molecule has 12 aromatic rings. The highest BCUT2D eigenvalue weighted by Gasteiger charge is 2.22. The number of aromatic nitrogens is 2. The Morgan fingerprint density at radius 2 is 0.930 bits per heavy atom. The van der Waals surface area contributed by atoms with Crippen LogP contribution in [0.15, 0.2) is 211 Å². The Balaban J connectivity index is 1.11. The van der Waals surface area contributed by atoms with Crippen LogP contribution in [0.1, 0.15) is 0 Å². The number of hydrogen-bond donors (Lipinski definition) is 0. The van der Waals surface area contributed by atoms with Crippen LogP contribution >= 0.6 is 0 Å². The van der Waals surface area contributed by atoms with Gasteiger partial charge in [0.05, 0.1) is 27.8 Å². The smallest absolute Gasteiger partial charge is 0.160 e. The fraction of sp³-hybridized carbons (Fsp3) is 0. The lowest BCUT2D eigenvalue weighted by atomic mass is 9.98. The maximum atomic E-state index is 6.83. The van der Waals surface area contributed by atoms with Gasteiger partial charge in [0.25, 0.3) is 0 Å². The Morgan fingerprint density at radius 1 is 0.316 bits per heavy atom. The van der Waals surface area contributed by atoms with E-state index >= 15 is 0 Å². The number of rotatable bonds is 5. The molecule has 0 atom stereocenters. The van der Waals surface area contributed by atoms with Crippen LogP contribution in [0.2, 0.25) is 0 Å². The van der Waals surface area contributed by atoms with Gasteiger partial charge in [-0.1, -0.05) is 158 Å².